The fourth-order valence-corrected chi connectivity index (χ4v) is 1.46. The molecule has 1 atom stereocenters. The molecule has 0 bridgehead atoms. The molecule has 1 amide bonds. The van der Waals surface area contributed by atoms with Crippen LogP contribution in [0.25, 0.3) is 0 Å². The van der Waals surface area contributed by atoms with Crippen LogP contribution in [-0.4, -0.2) is 20.7 Å². The Bertz CT molecular complexity index is 632. The highest BCUT2D eigenvalue weighted by Gasteiger charge is 2.17. The van der Waals surface area contributed by atoms with Crippen LogP contribution in [0.4, 0.5) is 10.1 Å². The van der Waals surface area contributed by atoms with Gasteiger partial charge in [0.25, 0.3) is 0 Å². The molecule has 6 nitrogen and oxygen atoms in total. The number of aromatic nitrogens is 3. The zero-order valence-corrected chi connectivity index (χ0v) is 10.0. The van der Waals surface area contributed by atoms with Gasteiger partial charge in [0.2, 0.25) is 5.91 Å². The van der Waals surface area contributed by atoms with Crippen molar-refractivity contribution in [3.63, 3.8) is 0 Å². The van der Waals surface area contributed by atoms with Gasteiger partial charge in [0, 0.05) is 0 Å². The molecule has 2 aromatic rings. The number of halogens is 1. The normalized spacial score (nSPS) is 11.6. The molecule has 19 heavy (non-hydrogen) atoms. The summed E-state index contributed by atoms with van der Waals surface area (Å²) in [5.41, 5.74) is 0.218. The Kier molecular flexibility index (Phi) is 3.52. The molecule has 1 N–H and O–H groups in total. The van der Waals surface area contributed by atoms with Crippen LogP contribution in [0.3, 0.4) is 0 Å². The van der Waals surface area contributed by atoms with Gasteiger partial charge >= 0.3 is 0 Å². The molecule has 1 aromatic carbocycles. The summed E-state index contributed by atoms with van der Waals surface area (Å²) in [7, 11) is 0. The lowest BCUT2D eigenvalue weighted by Gasteiger charge is -2.12. The van der Waals surface area contributed by atoms with Gasteiger partial charge in [-0.05, 0) is 25.1 Å². The number of nitrogens with zero attached hydrogens (tertiary/aromatic N) is 4. The van der Waals surface area contributed by atoms with Gasteiger partial charge in [-0.1, -0.05) is 0 Å². The minimum atomic E-state index is -0.654. The predicted molar refractivity (Wildman–Crippen MR) is 64.5 cm³/mol. The second kappa shape index (κ2) is 5.27. The number of hydrogen-bond acceptors (Lipinski definition) is 4. The quantitative estimate of drug-likeness (QED) is 0.905. The van der Waals surface area contributed by atoms with Crippen molar-refractivity contribution in [3.05, 3.63) is 42.2 Å². The van der Waals surface area contributed by atoms with Crippen molar-refractivity contribution in [1.82, 2.24) is 14.8 Å². The average molecular weight is 259 g/mol. The van der Waals surface area contributed by atoms with Crippen LogP contribution >= 0.6 is 0 Å². The predicted octanol–water partition coefficient (Wildman–Crippen LogP) is 1.49. The van der Waals surface area contributed by atoms with E-state index in [1.54, 1.807) is 6.92 Å². The number of carbonyl (C=O) groups is 1. The van der Waals surface area contributed by atoms with E-state index in [-0.39, 0.29) is 11.3 Å². The molecule has 1 heterocycles. The maximum atomic E-state index is 13.6. The zero-order chi connectivity index (χ0) is 13.8. The second-order valence-electron chi connectivity index (χ2n) is 3.85. The summed E-state index contributed by atoms with van der Waals surface area (Å²) in [5.74, 6) is -1.08. The molecular formula is C12H10FN5O. The van der Waals surface area contributed by atoms with Gasteiger partial charge in [0.15, 0.2) is 0 Å². The Morgan fingerprint density at radius 3 is 2.95 bits per heavy atom. The molecule has 96 valence electrons. The van der Waals surface area contributed by atoms with Gasteiger partial charge in [-0.3, -0.25) is 4.79 Å². The third-order valence-corrected chi connectivity index (χ3v) is 2.57. The lowest BCUT2D eigenvalue weighted by Crippen LogP contribution is -2.24. The molecule has 0 aliphatic heterocycles. The number of carbonyl (C=O) groups excluding carboxylic acids is 1. The highest BCUT2D eigenvalue weighted by atomic mass is 19.1. The van der Waals surface area contributed by atoms with E-state index in [1.807, 2.05) is 6.07 Å². The van der Waals surface area contributed by atoms with Crippen molar-refractivity contribution in [2.75, 3.05) is 5.32 Å². The topological polar surface area (TPSA) is 83.6 Å². The molecule has 0 aliphatic carbocycles. The summed E-state index contributed by atoms with van der Waals surface area (Å²) >= 11 is 0. The first kappa shape index (κ1) is 12.7. The SMILES string of the molecule is CC(C(=O)Nc1ccc(C#N)cc1F)n1cncn1. The highest BCUT2D eigenvalue weighted by Crippen LogP contribution is 2.17. The van der Waals surface area contributed by atoms with Crippen molar-refractivity contribution in [2.45, 2.75) is 13.0 Å². The number of nitrogens with one attached hydrogen (secondary N) is 1. The molecule has 0 fully saturated rings. The van der Waals surface area contributed by atoms with Gasteiger partial charge in [-0.2, -0.15) is 10.4 Å². The molecular weight excluding hydrogens is 249 g/mol. The number of nitriles is 1. The molecule has 0 aliphatic rings. The van der Waals surface area contributed by atoms with E-state index in [9.17, 15) is 9.18 Å². The first-order valence-electron chi connectivity index (χ1n) is 5.46. The van der Waals surface area contributed by atoms with Crippen LogP contribution in [0.5, 0.6) is 0 Å². The summed E-state index contributed by atoms with van der Waals surface area (Å²) in [6, 6.07) is 5.05. The molecule has 0 saturated heterocycles. The Hall–Kier alpha value is -2.75. The average Bonchev–Trinajstić information content (AvgIpc) is 2.94. The lowest BCUT2D eigenvalue weighted by molar-refractivity contribution is -0.119. The van der Waals surface area contributed by atoms with Gasteiger partial charge in [0.05, 0.1) is 17.3 Å². The molecule has 0 spiro atoms. The van der Waals surface area contributed by atoms with Crippen LogP contribution in [0.1, 0.15) is 18.5 Å². The third kappa shape index (κ3) is 2.74. The monoisotopic (exact) mass is 259 g/mol. The maximum absolute atomic E-state index is 13.6. The Morgan fingerprint density at radius 2 is 2.37 bits per heavy atom. The van der Waals surface area contributed by atoms with E-state index in [4.69, 9.17) is 5.26 Å². The van der Waals surface area contributed by atoms with Crippen molar-refractivity contribution in [2.24, 2.45) is 0 Å². The number of hydrogen-bond donors (Lipinski definition) is 1. The molecule has 0 radical (unpaired) electrons. The van der Waals surface area contributed by atoms with Gasteiger partial charge < -0.3 is 5.32 Å². The maximum Gasteiger partial charge on any atom is 0.249 e. The van der Waals surface area contributed by atoms with E-state index in [0.29, 0.717) is 0 Å². The Morgan fingerprint density at radius 1 is 1.58 bits per heavy atom. The third-order valence-electron chi connectivity index (χ3n) is 2.57. The Balaban J connectivity index is 2.13. The van der Waals surface area contributed by atoms with E-state index in [1.165, 1.54) is 29.5 Å². The zero-order valence-electron chi connectivity index (χ0n) is 10.0. The fourth-order valence-electron chi connectivity index (χ4n) is 1.46. The van der Waals surface area contributed by atoms with Gasteiger partial charge in [-0.15, -0.1) is 0 Å². The van der Waals surface area contributed by atoms with Gasteiger partial charge in [-0.25, -0.2) is 14.1 Å². The Labute approximate surface area is 108 Å². The summed E-state index contributed by atoms with van der Waals surface area (Å²) in [4.78, 5) is 15.6. The smallest absolute Gasteiger partial charge is 0.249 e. The number of amides is 1. The number of benzene rings is 1. The molecule has 1 aromatic heterocycles. The largest absolute Gasteiger partial charge is 0.322 e. The molecule has 7 heteroatoms. The van der Waals surface area contributed by atoms with E-state index < -0.39 is 17.8 Å². The minimum Gasteiger partial charge on any atom is -0.322 e. The molecule has 0 saturated carbocycles. The number of rotatable bonds is 3. The molecule has 1 unspecified atom stereocenters. The summed E-state index contributed by atoms with van der Waals surface area (Å²) in [6.07, 6.45) is 2.71. The van der Waals surface area contributed by atoms with Crippen LogP contribution < -0.4 is 5.32 Å². The van der Waals surface area contributed by atoms with Crippen molar-refractivity contribution >= 4 is 11.6 Å². The van der Waals surface area contributed by atoms with E-state index in [0.717, 1.165) is 6.07 Å². The lowest BCUT2D eigenvalue weighted by atomic mass is 10.2. The first-order chi connectivity index (χ1) is 9.11. The minimum absolute atomic E-state index is 0.0240. The summed E-state index contributed by atoms with van der Waals surface area (Å²) in [5, 5.41) is 14.9. The first-order valence-corrected chi connectivity index (χ1v) is 5.46. The summed E-state index contributed by atoms with van der Waals surface area (Å²) < 4.78 is 15.0. The summed E-state index contributed by atoms with van der Waals surface area (Å²) in [6.45, 7) is 1.62. The van der Waals surface area contributed by atoms with E-state index >= 15 is 0 Å². The van der Waals surface area contributed by atoms with Crippen LogP contribution in [0.2, 0.25) is 0 Å². The van der Waals surface area contributed by atoms with Crippen molar-refractivity contribution in [1.29, 1.82) is 5.26 Å². The van der Waals surface area contributed by atoms with Crippen molar-refractivity contribution < 1.29 is 9.18 Å². The highest BCUT2D eigenvalue weighted by molar-refractivity contribution is 5.93. The van der Waals surface area contributed by atoms with Crippen LogP contribution in [0, 0.1) is 17.1 Å². The van der Waals surface area contributed by atoms with Crippen molar-refractivity contribution in [3.8, 4) is 6.07 Å². The van der Waals surface area contributed by atoms with Crippen LogP contribution in [0.15, 0.2) is 30.9 Å². The van der Waals surface area contributed by atoms with Crippen LogP contribution in [-0.2, 0) is 4.79 Å². The second-order valence-corrected chi connectivity index (χ2v) is 3.85. The van der Waals surface area contributed by atoms with E-state index in [2.05, 4.69) is 15.4 Å². The fraction of sp³-hybridized carbons (Fsp3) is 0.167. The number of anilines is 1. The van der Waals surface area contributed by atoms with Gasteiger partial charge in [0.1, 0.15) is 24.5 Å². The standard InChI is InChI=1S/C12H10FN5O/c1-8(18-7-15-6-16-18)12(19)17-11-3-2-9(5-14)4-10(11)13/h2-4,6-8H,1H3,(H,17,19). The molecule has 2 rings (SSSR count).